The first kappa shape index (κ1) is 15.1. The summed E-state index contributed by atoms with van der Waals surface area (Å²) in [7, 11) is 0. The third-order valence-corrected chi connectivity index (χ3v) is 4.35. The van der Waals surface area contributed by atoms with Crippen LogP contribution in [0.4, 0.5) is 0 Å². The van der Waals surface area contributed by atoms with Crippen molar-refractivity contribution in [2.24, 2.45) is 5.11 Å². The molecule has 1 aliphatic rings. The van der Waals surface area contributed by atoms with Crippen LogP contribution >= 0.6 is 0 Å². The lowest BCUT2D eigenvalue weighted by molar-refractivity contribution is -0.160. The summed E-state index contributed by atoms with van der Waals surface area (Å²) < 4.78 is 5.61. The van der Waals surface area contributed by atoms with Gasteiger partial charge in [-0.15, -0.1) is 0 Å². The van der Waals surface area contributed by atoms with Crippen molar-refractivity contribution >= 4 is 5.97 Å². The van der Waals surface area contributed by atoms with Gasteiger partial charge in [-0.1, -0.05) is 65.8 Å². The normalized spacial score (nSPS) is 19.5. The number of carbonyl (C=O) groups is 1. The minimum absolute atomic E-state index is 0.182. The Kier molecular flexibility index (Phi) is 4.31. The standard InChI is InChI=1S/C18H17N3O2/c19-21-20-13-16-11-12-18(17(22)23-16,14-7-3-1-4-8-14)15-9-5-2-6-10-15/h1-10,16H,11-13H2/t16-/m1/s1. The summed E-state index contributed by atoms with van der Waals surface area (Å²) in [4.78, 5) is 15.7. The lowest BCUT2D eigenvalue weighted by Crippen LogP contribution is -2.46. The van der Waals surface area contributed by atoms with Crippen LogP contribution in [0.5, 0.6) is 0 Å². The molecule has 1 fully saturated rings. The van der Waals surface area contributed by atoms with Gasteiger partial charge >= 0.3 is 5.97 Å². The van der Waals surface area contributed by atoms with E-state index < -0.39 is 5.41 Å². The quantitative estimate of drug-likeness (QED) is 0.371. The number of nitrogens with zero attached hydrogens (tertiary/aromatic N) is 3. The molecule has 2 aromatic carbocycles. The molecular formula is C18H17N3O2. The lowest BCUT2D eigenvalue weighted by Gasteiger charge is -2.39. The highest BCUT2D eigenvalue weighted by molar-refractivity contribution is 5.88. The van der Waals surface area contributed by atoms with Gasteiger partial charge in [0.15, 0.2) is 0 Å². The third-order valence-electron chi connectivity index (χ3n) is 4.35. The van der Waals surface area contributed by atoms with Crippen LogP contribution in [0.25, 0.3) is 10.4 Å². The van der Waals surface area contributed by atoms with Gasteiger partial charge in [-0.3, -0.25) is 4.79 Å². The van der Waals surface area contributed by atoms with Crippen LogP contribution in [0, 0.1) is 0 Å². The van der Waals surface area contributed by atoms with Crippen molar-refractivity contribution < 1.29 is 9.53 Å². The molecule has 0 spiro atoms. The zero-order chi connectivity index (χ0) is 16.1. The molecule has 0 amide bonds. The second-order valence-electron chi connectivity index (χ2n) is 5.62. The summed E-state index contributed by atoms with van der Waals surface area (Å²) in [6.45, 7) is 0.182. The van der Waals surface area contributed by atoms with Crippen molar-refractivity contribution in [1.29, 1.82) is 0 Å². The molecule has 0 saturated carbocycles. The summed E-state index contributed by atoms with van der Waals surface area (Å²) in [5.41, 5.74) is 9.50. The fourth-order valence-electron chi connectivity index (χ4n) is 3.18. The van der Waals surface area contributed by atoms with Gasteiger partial charge in [0, 0.05) is 4.91 Å². The molecule has 5 heteroatoms. The van der Waals surface area contributed by atoms with Crippen molar-refractivity contribution in [3.63, 3.8) is 0 Å². The Morgan fingerprint density at radius 1 is 1.09 bits per heavy atom. The Morgan fingerprint density at radius 2 is 1.65 bits per heavy atom. The van der Waals surface area contributed by atoms with Crippen LogP contribution < -0.4 is 0 Å². The maximum atomic E-state index is 12.9. The second kappa shape index (κ2) is 6.55. The first-order valence-electron chi connectivity index (χ1n) is 7.60. The molecule has 116 valence electrons. The Bertz CT molecular complexity index is 685. The molecule has 0 aromatic heterocycles. The van der Waals surface area contributed by atoms with Gasteiger partial charge in [0.05, 0.1) is 6.54 Å². The number of rotatable bonds is 4. The van der Waals surface area contributed by atoms with Gasteiger partial charge in [0.1, 0.15) is 11.5 Å². The van der Waals surface area contributed by atoms with Crippen LogP contribution in [0.2, 0.25) is 0 Å². The van der Waals surface area contributed by atoms with Crippen LogP contribution in [-0.4, -0.2) is 18.6 Å². The molecule has 3 rings (SSSR count). The number of hydrogen-bond acceptors (Lipinski definition) is 3. The van der Waals surface area contributed by atoms with E-state index in [0.717, 1.165) is 11.1 Å². The van der Waals surface area contributed by atoms with E-state index in [9.17, 15) is 4.79 Å². The van der Waals surface area contributed by atoms with E-state index in [1.807, 2.05) is 60.7 Å². The van der Waals surface area contributed by atoms with Crippen molar-refractivity contribution in [3.8, 4) is 0 Å². The van der Waals surface area contributed by atoms with E-state index >= 15 is 0 Å². The number of esters is 1. The number of benzene rings is 2. The SMILES string of the molecule is [N-]=[N+]=NC[C@H]1CCC(c2ccccc2)(c2ccccc2)C(=O)O1. The monoisotopic (exact) mass is 307 g/mol. The highest BCUT2D eigenvalue weighted by Crippen LogP contribution is 2.41. The van der Waals surface area contributed by atoms with Crippen molar-refractivity contribution in [1.82, 2.24) is 0 Å². The lowest BCUT2D eigenvalue weighted by atomic mass is 9.69. The van der Waals surface area contributed by atoms with Crippen LogP contribution in [0.3, 0.4) is 0 Å². The number of hydrogen-bond donors (Lipinski definition) is 0. The van der Waals surface area contributed by atoms with Crippen molar-refractivity contribution in [2.75, 3.05) is 6.54 Å². The van der Waals surface area contributed by atoms with Gasteiger partial charge in [-0.25, -0.2) is 0 Å². The molecule has 0 bridgehead atoms. The average Bonchev–Trinajstić information content (AvgIpc) is 2.62. The Morgan fingerprint density at radius 3 is 2.13 bits per heavy atom. The third kappa shape index (κ3) is 2.79. The highest BCUT2D eigenvalue weighted by Gasteiger charge is 2.47. The minimum Gasteiger partial charge on any atom is -0.461 e. The molecule has 1 aliphatic heterocycles. The molecule has 5 nitrogen and oxygen atoms in total. The van der Waals surface area contributed by atoms with Crippen LogP contribution in [-0.2, 0) is 14.9 Å². The molecule has 0 aliphatic carbocycles. The second-order valence-corrected chi connectivity index (χ2v) is 5.62. The van der Waals surface area contributed by atoms with Gasteiger partial charge in [-0.05, 0) is 29.5 Å². The zero-order valence-electron chi connectivity index (χ0n) is 12.6. The Labute approximate surface area is 134 Å². The molecule has 0 radical (unpaired) electrons. The predicted molar refractivity (Wildman–Crippen MR) is 86.8 cm³/mol. The molecule has 1 atom stereocenters. The molecule has 1 saturated heterocycles. The summed E-state index contributed by atoms with van der Waals surface area (Å²) in [5, 5.41) is 3.53. The van der Waals surface area contributed by atoms with E-state index in [4.69, 9.17) is 10.3 Å². The zero-order valence-corrected chi connectivity index (χ0v) is 12.6. The smallest absolute Gasteiger partial charge is 0.321 e. The van der Waals surface area contributed by atoms with Crippen molar-refractivity contribution in [3.05, 3.63) is 82.2 Å². The van der Waals surface area contributed by atoms with Crippen molar-refractivity contribution in [2.45, 2.75) is 24.4 Å². The number of carbonyl (C=O) groups excluding carboxylic acids is 1. The van der Waals surface area contributed by atoms with Gasteiger partial charge in [-0.2, -0.15) is 0 Å². The summed E-state index contributed by atoms with van der Waals surface area (Å²) >= 11 is 0. The summed E-state index contributed by atoms with van der Waals surface area (Å²) in [5.74, 6) is -0.278. The Hall–Kier alpha value is -2.78. The molecule has 1 heterocycles. The fraction of sp³-hybridized carbons (Fsp3) is 0.278. The van der Waals surface area contributed by atoms with E-state index in [1.54, 1.807) is 0 Å². The molecule has 0 unspecified atom stereocenters. The van der Waals surface area contributed by atoms with Gasteiger partial charge in [0.2, 0.25) is 0 Å². The molecular weight excluding hydrogens is 290 g/mol. The van der Waals surface area contributed by atoms with E-state index in [2.05, 4.69) is 10.0 Å². The molecule has 2 aromatic rings. The Balaban J connectivity index is 2.02. The number of cyclic esters (lactones) is 1. The maximum absolute atomic E-state index is 12.9. The largest absolute Gasteiger partial charge is 0.461 e. The van der Waals surface area contributed by atoms with Crippen LogP contribution in [0.15, 0.2) is 65.8 Å². The average molecular weight is 307 g/mol. The summed E-state index contributed by atoms with van der Waals surface area (Å²) in [6.07, 6.45) is 0.943. The van der Waals surface area contributed by atoms with Gasteiger partial charge < -0.3 is 4.74 Å². The first-order valence-corrected chi connectivity index (χ1v) is 7.60. The fourth-order valence-corrected chi connectivity index (χ4v) is 3.18. The van der Waals surface area contributed by atoms with E-state index in [0.29, 0.717) is 12.8 Å². The van der Waals surface area contributed by atoms with E-state index in [1.165, 1.54) is 0 Å². The van der Waals surface area contributed by atoms with Gasteiger partial charge in [0.25, 0.3) is 0 Å². The minimum atomic E-state index is -0.796. The topological polar surface area (TPSA) is 75.1 Å². The predicted octanol–water partition coefficient (Wildman–Crippen LogP) is 3.99. The van der Waals surface area contributed by atoms with Crippen LogP contribution in [0.1, 0.15) is 24.0 Å². The number of ether oxygens (including phenoxy) is 1. The maximum Gasteiger partial charge on any atom is 0.321 e. The first-order chi connectivity index (χ1) is 11.3. The number of azide groups is 1. The van der Waals surface area contributed by atoms with E-state index in [-0.39, 0.29) is 18.6 Å². The highest BCUT2D eigenvalue weighted by atomic mass is 16.5. The molecule has 0 N–H and O–H groups in total. The molecule has 23 heavy (non-hydrogen) atoms. The summed E-state index contributed by atoms with van der Waals surface area (Å²) in [6, 6.07) is 19.4.